The Balaban J connectivity index is 1.93. The molecule has 1 amide bonds. The van der Waals surface area contributed by atoms with Crippen molar-refractivity contribution in [2.75, 3.05) is 10.0 Å². The summed E-state index contributed by atoms with van der Waals surface area (Å²) < 4.78 is 41.7. The number of carbonyl (C=O) groups excluding carboxylic acids is 1. The number of anilines is 2. The molecule has 140 valence electrons. The number of halogens is 1. The highest BCUT2D eigenvalue weighted by Gasteiger charge is 2.28. The number of rotatable bonds is 5. The lowest BCUT2D eigenvalue weighted by Crippen LogP contribution is -2.20. The summed E-state index contributed by atoms with van der Waals surface area (Å²) in [6, 6.07) is 12.5. The normalized spacial score (nSPS) is 11.2. The molecule has 0 atom stereocenters. The molecule has 0 radical (unpaired) electrons. The number of nitrogens with zero attached hydrogens (tertiary/aromatic N) is 1. The number of sulfonamides is 1. The summed E-state index contributed by atoms with van der Waals surface area (Å²) in [5, 5.41) is 8.18. The number of aromatic nitrogens is 2. The van der Waals surface area contributed by atoms with E-state index in [2.05, 4.69) is 20.2 Å². The van der Waals surface area contributed by atoms with Crippen molar-refractivity contribution < 1.29 is 17.6 Å². The highest BCUT2D eigenvalue weighted by atomic mass is 32.2. The summed E-state index contributed by atoms with van der Waals surface area (Å²) in [4.78, 5) is 12.6. The molecule has 0 aliphatic carbocycles. The first-order chi connectivity index (χ1) is 12.8. The van der Waals surface area contributed by atoms with Gasteiger partial charge in [0.05, 0.1) is 5.69 Å². The van der Waals surface area contributed by atoms with Gasteiger partial charge in [-0.05, 0) is 43.7 Å². The van der Waals surface area contributed by atoms with Crippen molar-refractivity contribution in [2.24, 2.45) is 0 Å². The van der Waals surface area contributed by atoms with Crippen LogP contribution in [0.5, 0.6) is 0 Å². The van der Waals surface area contributed by atoms with Crippen molar-refractivity contribution in [2.45, 2.75) is 18.9 Å². The van der Waals surface area contributed by atoms with Crippen LogP contribution in [0, 0.1) is 19.7 Å². The third-order valence-corrected chi connectivity index (χ3v) is 5.10. The molecule has 2 aromatic carbocycles. The van der Waals surface area contributed by atoms with Crippen LogP contribution in [0.4, 0.5) is 15.8 Å². The Labute approximate surface area is 155 Å². The molecule has 3 N–H and O–H groups in total. The van der Waals surface area contributed by atoms with Crippen LogP contribution in [0.2, 0.25) is 0 Å². The van der Waals surface area contributed by atoms with Crippen molar-refractivity contribution in [3.8, 4) is 0 Å². The summed E-state index contributed by atoms with van der Waals surface area (Å²) in [6.45, 7) is 3.23. The van der Waals surface area contributed by atoms with E-state index in [-0.39, 0.29) is 16.9 Å². The third-order valence-electron chi connectivity index (χ3n) is 3.79. The summed E-state index contributed by atoms with van der Waals surface area (Å²) in [6.07, 6.45) is 0. The van der Waals surface area contributed by atoms with Crippen molar-refractivity contribution in [3.63, 3.8) is 0 Å². The number of hydrogen-bond donors (Lipinski definition) is 3. The molecular formula is C18H17FN4O3S. The van der Waals surface area contributed by atoms with E-state index in [9.17, 15) is 17.6 Å². The predicted molar refractivity (Wildman–Crippen MR) is 99.7 cm³/mol. The lowest BCUT2D eigenvalue weighted by Gasteiger charge is -2.10. The maximum absolute atomic E-state index is 14.0. The minimum absolute atomic E-state index is 0.0504. The summed E-state index contributed by atoms with van der Waals surface area (Å²) in [5.41, 5.74) is 1.03. The Morgan fingerprint density at radius 3 is 2.48 bits per heavy atom. The van der Waals surface area contributed by atoms with E-state index in [0.29, 0.717) is 11.3 Å². The second-order valence-electron chi connectivity index (χ2n) is 5.94. The number of nitrogens with one attached hydrogen (secondary N) is 3. The minimum Gasteiger partial charge on any atom is -0.319 e. The third kappa shape index (κ3) is 3.98. The van der Waals surface area contributed by atoms with Gasteiger partial charge in [0, 0.05) is 11.4 Å². The van der Waals surface area contributed by atoms with E-state index < -0.39 is 26.8 Å². The van der Waals surface area contributed by atoms with E-state index in [4.69, 9.17) is 0 Å². The van der Waals surface area contributed by atoms with Crippen molar-refractivity contribution in [3.05, 3.63) is 71.2 Å². The number of para-hydroxylation sites is 1. The summed E-state index contributed by atoms with van der Waals surface area (Å²) >= 11 is 0. The molecule has 3 rings (SSSR count). The van der Waals surface area contributed by atoms with E-state index in [1.54, 1.807) is 43.3 Å². The first-order valence-electron chi connectivity index (χ1n) is 7.98. The number of amides is 1. The van der Waals surface area contributed by atoms with Crippen molar-refractivity contribution in [1.29, 1.82) is 0 Å². The van der Waals surface area contributed by atoms with E-state index >= 15 is 0 Å². The molecule has 0 aliphatic rings. The van der Waals surface area contributed by atoms with Crippen LogP contribution in [0.1, 0.15) is 21.6 Å². The molecule has 0 spiro atoms. The lowest BCUT2D eigenvalue weighted by atomic mass is 10.2. The van der Waals surface area contributed by atoms with E-state index in [1.165, 1.54) is 19.1 Å². The topological polar surface area (TPSA) is 104 Å². The standard InChI is InChI=1S/C18H17FN4O3S/c1-11-8-9-15(14(19)10-11)20-17(24)16-12(2)21-22-18(16)27(25,26)23-13-6-4-3-5-7-13/h3-10,23H,1-2H3,(H,20,24)(H,21,22). The van der Waals surface area contributed by atoms with Crippen LogP contribution in [0.25, 0.3) is 0 Å². The van der Waals surface area contributed by atoms with Crippen LogP contribution in [0.3, 0.4) is 0 Å². The van der Waals surface area contributed by atoms with Gasteiger partial charge in [0.25, 0.3) is 15.9 Å². The SMILES string of the molecule is Cc1ccc(NC(=O)c2c(S(=O)(=O)Nc3ccccc3)n[nH]c2C)c(F)c1. The van der Waals surface area contributed by atoms with Crippen LogP contribution in [-0.2, 0) is 10.0 Å². The van der Waals surface area contributed by atoms with Crippen molar-refractivity contribution >= 4 is 27.3 Å². The van der Waals surface area contributed by atoms with Gasteiger partial charge in [-0.15, -0.1) is 0 Å². The molecule has 0 fully saturated rings. The van der Waals surface area contributed by atoms with Crippen LogP contribution in [-0.4, -0.2) is 24.5 Å². The van der Waals surface area contributed by atoms with Gasteiger partial charge in [0.1, 0.15) is 11.4 Å². The van der Waals surface area contributed by atoms with Gasteiger partial charge in [0.2, 0.25) is 5.03 Å². The van der Waals surface area contributed by atoms with Crippen LogP contribution in [0.15, 0.2) is 53.6 Å². The predicted octanol–water partition coefficient (Wildman–Crippen LogP) is 3.22. The zero-order valence-electron chi connectivity index (χ0n) is 14.6. The average molecular weight is 388 g/mol. The minimum atomic E-state index is -4.12. The quantitative estimate of drug-likeness (QED) is 0.624. The molecular weight excluding hydrogens is 371 g/mol. The fraction of sp³-hybridized carbons (Fsp3) is 0.111. The summed E-state index contributed by atoms with van der Waals surface area (Å²) in [5.74, 6) is -1.39. The molecule has 0 unspecified atom stereocenters. The number of aryl methyl sites for hydroxylation is 2. The zero-order valence-corrected chi connectivity index (χ0v) is 15.4. The lowest BCUT2D eigenvalue weighted by molar-refractivity contribution is 0.102. The van der Waals surface area contributed by atoms with Gasteiger partial charge in [0.15, 0.2) is 0 Å². The second-order valence-corrected chi connectivity index (χ2v) is 7.54. The van der Waals surface area contributed by atoms with E-state index in [1.807, 2.05) is 0 Å². The molecule has 1 aromatic heterocycles. The van der Waals surface area contributed by atoms with Crippen molar-refractivity contribution in [1.82, 2.24) is 10.2 Å². The number of H-pyrrole nitrogens is 1. The molecule has 0 saturated carbocycles. The molecule has 9 heteroatoms. The van der Waals surface area contributed by atoms with E-state index in [0.717, 1.165) is 0 Å². The first kappa shape index (κ1) is 18.6. The molecule has 0 bridgehead atoms. The van der Waals surface area contributed by atoms with Gasteiger partial charge < -0.3 is 5.32 Å². The molecule has 7 nitrogen and oxygen atoms in total. The van der Waals surface area contributed by atoms with Gasteiger partial charge in [-0.3, -0.25) is 14.6 Å². The maximum atomic E-state index is 14.0. The zero-order chi connectivity index (χ0) is 19.6. The highest BCUT2D eigenvalue weighted by molar-refractivity contribution is 7.92. The monoisotopic (exact) mass is 388 g/mol. The Kier molecular flexibility index (Phi) is 4.95. The molecule has 0 saturated heterocycles. The van der Waals surface area contributed by atoms with Crippen LogP contribution >= 0.6 is 0 Å². The van der Waals surface area contributed by atoms with Gasteiger partial charge in [-0.25, -0.2) is 4.39 Å². The molecule has 1 heterocycles. The fourth-order valence-corrected chi connectivity index (χ4v) is 3.71. The number of benzene rings is 2. The fourth-order valence-electron chi connectivity index (χ4n) is 2.48. The average Bonchev–Trinajstić information content (AvgIpc) is 3.00. The van der Waals surface area contributed by atoms with Gasteiger partial charge in [-0.1, -0.05) is 24.3 Å². The Morgan fingerprint density at radius 2 is 1.81 bits per heavy atom. The summed E-state index contributed by atoms with van der Waals surface area (Å²) in [7, 11) is -4.12. The Hall–Kier alpha value is -3.20. The smallest absolute Gasteiger partial charge is 0.282 e. The van der Waals surface area contributed by atoms with Crippen LogP contribution < -0.4 is 10.0 Å². The number of aromatic amines is 1. The molecule has 27 heavy (non-hydrogen) atoms. The molecule has 3 aromatic rings. The van der Waals surface area contributed by atoms with Gasteiger partial charge >= 0.3 is 0 Å². The van der Waals surface area contributed by atoms with Gasteiger partial charge in [-0.2, -0.15) is 13.5 Å². The number of carbonyl (C=O) groups is 1. The second kappa shape index (κ2) is 7.20. The Bertz CT molecular complexity index is 1100. The number of hydrogen-bond acceptors (Lipinski definition) is 4. The maximum Gasteiger partial charge on any atom is 0.282 e. The molecule has 0 aliphatic heterocycles. The Morgan fingerprint density at radius 1 is 1.11 bits per heavy atom. The largest absolute Gasteiger partial charge is 0.319 e. The highest BCUT2D eigenvalue weighted by Crippen LogP contribution is 2.22. The first-order valence-corrected chi connectivity index (χ1v) is 9.46.